The first kappa shape index (κ1) is 21.4. The Morgan fingerprint density at radius 1 is 1.10 bits per heavy atom. The fourth-order valence-corrected chi connectivity index (χ4v) is 5.92. The molecule has 1 unspecified atom stereocenters. The summed E-state index contributed by atoms with van der Waals surface area (Å²) in [6.45, 7) is 7.66. The summed E-state index contributed by atoms with van der Waals surface area (Å²) in [6, 6.07) is 8.26. The molecule has 0 bridgehead atoms. The standard InChI is InChI=1S/C20H30N6O3S/c1-17-2-4-18(5-3-17)12-25-13-19(21-22-25)14-26-15-20(16-30(26,28)29)24-8-6-23(7-9-24)10-11-27/h2-5,13,20,27H,6-12,14-16H2,1H3. The normalized spacial score (nSPS) is 23.2. The highest BCUT2D eigenvalue weighted by Crippen LogP contribution is 2.22. The molecule has 1 atom stereocenters. The van der Waals surface area contributed by atoms with E-state index in [-0.39, 0.29) is 24.9 Å². The number of benzene rings is 1. The van der Waals surface area contributed by atoms with Gasteiger partial charge in [0.05, 0.1) is 37.3 Å². The van der Waals surface area contributed by atoms with E-state index >= 15 is 0 Å². The van der Waals surface area contributed by atoms with Crippen molar-refractivity contribution in [2.24, 2.45) is 0 Å². The lowest BCUT2D eigenvalue weighted by molar-refractivity contribution is 0.0880. The summed E-state index contributed by atoms with van der Waals surface area (Å²) in [7, 11) is -3.30. The molecule has 164 valence electrons. The first-order valence-electron chi connectivity index (χ1n) is 10.4. The van der Waals surface area contributed by atoms with Crippen LogP contribution in [0.15, 0.2) is 30.5 Å². The predicted octanol–water partition coefficient (Wildman–Crippen LogP) is -0.241. The maximum Gasteiger partial charge on any atom is 0.216 e. The van der Waals surface area contributed by atoms with Crippen molar-refractivity contribution in [3.05, 3.63) is 47.3 Å². The fraction of sp³-hybridized carbons (Fsp3) is 0.600. The van der Waals surface area contributed by atoms with Gasteiger partial charge in [0.1, 0.15) is 0 Å². The van der Waals surface area contributed by atoms with Gasteiger partial charge in [0.15, 0.2) is 0 Å². The highest BCUT2D eigenvalue weighted by Gasteiger charge is 2.40. The van der Waals surface area contributed by atoms with Gasteiger partial charge >= 0.3 is 0 Å². The van der Waals surface area contributed by atoms with Gasteiger partial charge in [-0.3, -0.25) is 9.80 Å². The maximum atomic E-state index is 12.7. The number of aryl methyl sites for hydroxylation is 1. The molecule has 1 N–H and O–H groups in total. The van der Waals surface area contributed by atoms with Gasteiger partial charge in [-0.1, -0.05) is 35.0 Å². The first-order chi connectivity index (χ1) is 14.4. The number of nitrogens with zero attached hydrogens (tertiary/aromatic N) is 6. The molecule has 10 heteroatoms. The number of rotatable bonds is 7. The molecule has 30 heavy (non-hydrogen) atoms. The highest BCUT2D eigenvalue weighted by molar-refractivity contribution is 7.89. The maximum absolute atomic E-state index is 12.7. The van der Waals surface area contributed by atoms with Crippen LogP contribution in [0.2, 0.25) is 0 Å². The summed E-state index contributed by atoms with van der Waals surface area (Å²) in [5, 5.41) is 17.4. The quantitative estimate of drug-likeness (QED) is 0.643. The Bertz CT molecular complexity index is 938. The van der Waals surface area contributed by atoms with Crippen LogP contribution in [0.5, 0.6) is 0 Å². The van der Waals surface area contributed by atoms with E-state index in [4.69, 9.17) is 5.11 Å². The summed E-state index contributed by atoms with van der Waals surface area (Å²) in [5.41, 5.74) is 3.01. The Morgan fingerprint density at radius 3 is 2.53 bits per heavy atom. The second-order valence-electron chi connectivity index (χ2n) is 8.22. The summed E-state index contributed by atoms with van der Waals surface area (Å²) < 4.78 is 28.7. The first-order valence-corrected chi connectivity index (χ1v) is 12.0. The lowest BCUT2D eigenvalue weighted by atomic mass is 10.1. The molecular formula is C20H30N6O3S. The second kappa shape index (κ2) is 9.11. The number of hydrogen-bond acceptors (Lipinski definition) is 7. The molecule has 4 rings (SSSR count). The van der Waals surface area contributed by atoms with Crippen molar-refractivity contribution in [1.82, 2.24) is 29.1 Å². The van der Waals surface area contributed by atoms with E-state index < -0.39 is 10.0 Å². The van der Waals surface area contributed by atoms with E-state index in [1.165, 1.54) is 9.87 Å². The Morgan fingerprint density at radius 2 is 1.83 bits per heavy atom. The number of aliphatic hydroxyl groups is 1. The van der Waals surface area contributed by atoms with Gasteiger partial charge in [0.2, 0.25) is 10.0 Å². The Balaban J connectivity index is 1.34. The zero-order valence-corrected chi connectivity index (χ0v) is 18.2. The van der Waals surface area contributed by atoms with Crippen LogP contribution < -0.4 is 0 Å². The van der Waals surface area contributed by atoms with Crippen LogP contribution in [0.1, 0.15) is 16.8 Å². The van der Waals surface area contributed by atoms with Gasteiger partial charge < -0.3 is 5.11 Å². The predicted molar refractivity (Wildman–Crippen MR) is 113 cm³/mol. The van der Waals surface area contributed by atoms with Crippen molar-refractivity contribution in [3.8, 4) is 0 Å². The summed E-state index contributed by atoms with van der Waals surface area (Å²) >= 11 is 0. The number of piperazine rings is 1. The summed E-state index contributed by atoms with van der Waals surface area (Å²) in [5.74, 6) is 0.157. The summed E-state index contributed by atoms with van der Waals surface area (Å²) in [6.07, 6.45) is 1.83. The third-order valence-corrected chi connectivity index (χ3v) is 7.81. The van der Waals surface area contributed by atoms with E-state index in [1.54, 1.807) is 4.68 Å². The van der Waals surface area contributed by atoms with E-state index in [0.717, 1.165) is 31.7 Å². The van der Waals surface area contributed by atoms with Gasteiger partial charge in [-0.25, -0.2) is 13.1 Å². The largest absolute Gasteiger partial charge is 0.395 e. The van der Waals surface area contributed by atoms with Gasteiger partial charge in [0, 0.05) is 45.3 Å². The third kappa shape index (κ3) is 5.06. The minimum absolute atomic E-state index is 0.00822. The average Bonchev–Trinajstić information content (AvgIpc) is 3.28. The number of β-amino-alcohol motifs (C(OH)–C–C–N with tert-alkyl or cyclic N) is 1. The molecule has 2 aliphatic heterocycles. The lowest BCUT2D eigenvalue weighted by Crippen LogP contribution is -2.52. The Kier molecular flexibility index (Phi) is 6.49. The Labute approximate surface area is 177 Å². The molecular weight excluding hydrogens is 404 g/mol. The molecule has 0 radical (unpaired) electrons. The van der Waals surface area contributed by atoms with Gasteiger partial charge in [-0.05, 0) is 12.5 Å². The van der Waals surface area contributed by atoms with Crippen LogP contribution in [0.3, 0.4) is 0 Å². The molecule has 2 aromatic rings. The monoisotopic (exact) mass is 434 g/mol. The van der Waals surface area contributed by atoms with Gasteiger partial charge in [0.25, 0.3) is 0 Å². The van der Waals surface area contributed by atoms with Crippen LogP contribution >= 0.6 is 0 Å². The zero-order valence-electron chi connectivity index (χ0n) is 17.4. The van der Waals surface area contributed by atoms with E-state index in [1.807, 2.05) is 6.20 Å². The number of sulfonamides is 1. The molecule has 2 fully saturated rings. The molecule has 0 aliphatic carbocycles. The zero-order chi connectivity index (χ0) is 21.1. The van der Waals surface area contributed by atoms with Crippen molar-refractivity contribution < 1.29 is 13.5 Å². The average molecular weight is 435 g/mol. The van der Waals surface area contributed by atoms with Crippen molar-refractivity contribution in [2.45, 2.75) is 26.1 Å². The lowest BCUT2D eigenvalue weighted by Gasteiger charge is -2.37. The number of hydrogen-bond donors (Lipinski definition) is 1. The smallest absolute Gasteiger partial charge is 0.216 e. The third-order valence-electron chi connectivity index (χ3n) is 5.94. The minimum Gasteiger partial charge on any atom is -0.395 e. The van der Waals surface area contributed by atoms with Crippen molar-refractivity contribution >= 4 is 10.0 Å². The van der Waals surface area contributed by atoms with E-state index in [9.17, 15) is 8.42 Å². The van der Waals surface area contributed by atoms with Crippen LogP contribution in [0.25, 0.3) is 0 Å². The van der Waals surface area contributed by atoms with Crippen molar-refractivity contribution in [1.29, 1.82) is 0 Å². The van der Waals surface area contributed by atoms with Crippen molar-refractivity contribution in [3.63, 3.8) is 0 Å². The van der Waals surface area contributed by atoms with Gasteiger partial charge in [-0.2, -0.15) is 4.31 Å². The topological polar surface area (TPSA) is 94.8 Å². The molecule has 0 amide bonds. The van der Waals surface area contributed by atoms with Crippen LogP contribution in [0, 0.1) is 6.92 Å². The fourth-order valence-electron chi connectivity index (χ4n) is 4.18. The molecule has 0 spiro atoms. The molecule has 3 heterocycles. The number of aliphatic hydroxyl groups excluding tert-OH is 1. The van der Waals surface area contributed by atoms with Crippen LogP contribution in [0.4, 0.5) is 0 Å². The highest BCUT2D eigenvalue weighted by atomic mass is 32.2. The van der Waals surface area contributed by atoms with E-state index in [2.05, 4.69) is 51.3 Å². The second-order valence-corrected chi connectivity index (χ2v) is 10.2. The van der Waals surface area contributed by atoms with Crippen LogP contribution in [-0.4, -0.2) is 100 Å². The molecule has 1 aromatic carbocycles. The molecule has 0 saturated carbocycles. The van der Waals surface area contributed by atoms with Crippen LogP contribution in [-0.2, 0) is 23.1 Å². The van der Waals surface area contributed by atoms with Crippen molar-refractivity contribution in [2.75, 3.05) is 51.6 Å². The summed E-state index contributed by atoms with van der Waals surface area (Å²) in [4.78, 5) is 4.48. The number of aromatic nitrogens is 3. The molecule has 2 saturated heterocycles. The minimum atomic E-state index is -3.30. The molecule has 2 aliphatic rings. The molecule has 1 aromatic heterocycles. The van der Waals surface area contributed by atoms with Gasteiger partial charge in [-0.15, -0.1) is 5.10 Å². The SMILES string of the molecule is Cc1ccc(Cn2cc(CN3CC(N4CCN(CCO)CC4)CS3(=O)=O)nn2)cc1. The van der Waals surface area contributed by atoms with E-state index in [0.29, 0.717) is 25.3 Å². The molecule has 9 nitrogen and oxygen atoms in total. The Hall–Kier alpha value is -1.85.